The summed E-state index contributed by atoms with van der Waals surface area (Å²) in [6.07, 6.45) is 0. The molecule has 156 valence electrons. The van der Waals surface area contributed by atoms with Crippen LogP contribution in [-0.4, -0.2) is 23.9 Å². The van der Waals surface area contributed by atoms with Crippen LogP contribution in [0.1, 0.15) is 25.7 Å². The third kappa shape index (κ3) is 3.69. The van der Waals surface area contributed by atoms with Gasteiger partial charge in [-0.25, -0.2) is 4.98 Å². The number of carbonyl (C=O) groups excluding carboxylic acids is 2. The van der Waals surface area contributed by atoms with Crippen LogP contribution in [0.15, 0.2) is 54.6 Å². The zero-order chi connectivity index (χ0) is 22.1. The van der Waals surface area contributed by atoms with Gasteiger partial charge < -0.3 is 21.5 Å². The number of nitrogen functional groups attached to an aromatic ring is 1. The van der Waals surface area contributed by atoms with E-state index in [9.17, 15) is 9.59 Å². The number of nitrogens with one attached hydrogen (secondary N) is 1. The monoisotopic (exact) mass is 432 g/mol. The molecule has 0 bridgehead atoms. The number of thiophene rings is 1. The predicted molar refractivity (Wildman–Crippen MR) is 124 cm³/mol. The maximum Gasteiger partial charge on any atom is 0.260 e. The number of aryl methyl sites for hydroxylation is 1. The molecule has 7 nitrogen and oxygen atoms in total. The van der Waals surface area contributed by atoms with Gasteiger partial charge in [0, 0.05) is 16.6 Å². The Morgan fingerprint density at radius 2 is 1.74 bits per heavy atom. The molecule has 0 aliphatic carbocycles. The molecule has 2 aromatic carbocycles. The first-order chi connectivity index (χ1) is 14.9. The minimum Gasteiger partial charge on any atom is -0.497 e. The van der Waals surface area contributed by atoms with E-state index in [0.717, 1.165) is 16.9 Å². The summed E-state index contributed by atoms with van der Waals surface area (Å²) < 4.78 is 5.26. The van der Waals surface area contributed by atoms with Gasteiger partial charge in [0.15, 0.2) is 0 Å². The molecule has 0 unspecified atom stereocenters. The number of methoxy groups -OCH3 is 1. The van der Waals surface area contributed by atoms with Crippen LogP contribution in [0.2, 0.25) is 0 Å². The van der Waals surface area contributed by atoms with E-state index >= 15 is 0 Å². The Morgan fingerprint density at radius 3 is 2.35 bits per heavy atom. The van der Waals surface area contributed by atoms with Crippen molar-refractivity contribution >= 4 is 44.7 Å². The lowest BCUT2D eigenvalue weighted by atomic mass is 9.94. The van der Waals surface area contributed by atoms with Gasteiger partial charge in [-0.05, 0) is 36.8 Å². The van der Waals surface area contributed by atoms with Gasteiger partial charge in [0.25, 0.3) is 11.8 Å². The van der Waals surface area contributed by atoms with Crippen molar-refractivity contribution in [1.29, 1.82) is 0 Å². The zero-order valence-corrected chi connectivity index (χ0v) is 17.7. The SMILES string of the molecule is COc1ccc(-c2c(C(=O)Nc3ccccc3)c(C)nc3sc(C(N)=O)c(N)c23)cc1. The van der Waals surface area contributed by atoms with Crippen LogP contribution in [0.25, 0.3) is 21.3 Å². The fourth-order valence-electron chi connectivity index (χ4n) is 3.49. The van der Waals surface area contributed by atoms with Crippen LogP contribution in [0.3, 0.4) is 0 Å². The number of nitrogens with zero attached hydrogens (tertiary/aromatic N) is 1. The molecule has 4 rings (SSSR count). The van der Waals surface area contributed by atoms with Crippen molar-refractivity contribution in [2.24, 2.45) is 5.73 Å². The first-order valence-electron chi connectivity index (χ1n) is 9.44. The van der Waals surface area contributed by atoms with Crippen LogP contribution in [0, 0.1) is 6.92 Å². The quantitative estimate of drug-likeness (QED) is 0.436. The Balaban J connectivity index is 1.99. The molecule has 0 fully saturated rings. The largest absolute Gasteiger partial charge is 0.497 e. The maximum atomic E-state index is 13.3. The van der Waals surface area contributed by atoms with E-state index in [1.807, 2.05) is 30.3 Å². The van der Waals surface area contributed by atoms with Crippen LogP contribution in [0.5, 0.6) is 5.75 Å². The van der Waals surface area contributed by atoms with Gasteiger partial charge in [0.2, 0.25) is 0 Å². The molecule has 0 saturated heterocycles. The van der Waals surface area contributed by atoms with Gasteiger partial charge in [-0.2, -0.15) is 0 Å². The van der Waals surface area contributed by atoms with Gasteiger partial charge in [0.1, 0.15) is 15.5 Å². The number of anilines is 2. The van der Waals surface area contributed by atoms with E-state index < -0.39 is 5.91 Å². The number of para-hydroxylation sites is 1. The molecular weight excluding hydrogens is 412 g/mol. The Hall–Kier alpha value is -3.91. The van der Waals surface area contributed by atoms with E-state index in [2.05, 4.69) is 10.3 Å². The van der Waals surface area contributed by atoms with Crippen molar-refractivity contribution in [3.05, 3.63) is 70.7 Å². The molecule has 0 spiro atoms. The van der Waals surface area contributed by atoms with Crippen molar-refractivity contribution in [2.45, 2.75) is 6.92 Å². The second kappa shape index (κ2) is 8.08. The van der Waals surface area contributed by atoms with Crippen LogP contribution < -0.4 is 21.5 Å². The summed E-state index contributed by atoms with van der Waals surface area (Å²) in [5.74, 6) is -0.276. The molecule has 31 heavy (non-hydrogen) atoms. The molecule has 2 amide bonds. The number of aromatic nitrogens is 1. The van der Waals surface area contributed by atoms with Crippen molar-refractivity contribution in [1.82, 2.24) is 4.98 Å². The topological polar surface area (TPSA) is 120 Å². The van der Waals surface area contributed by atoms with Gasteiger partial charge in [0.05, 0.1) is 24.1 Å². The van der Waals surface area contributed by atoms with Gasteiger partial charge >= 0.3 is 0 Å². The molecule has 2 heterocycles. The van der Waals surface area contributed by atoms with Crippen molar-refractivity contribution in [2.75, 3.05) is 18.2 Å². The Bertz CT molecular complexity index is 1300. The summed E-state index contributed by atoms with van der Waals surface area (Å²) in [4.78, 5) is 30.6. The number of amides is 2. The summed E-state index contributed by atoms with van der Waals surface area (Å²) >= 11 is 1.12. The fraction of sp³-hybridized carbons (Fsp3) is 0.0870. The number of rotatable bonds is 5. The van der Waals surface area contributed by atoms with Crippen LogP contribution in [0.4, 0.5) is 11.4 Å². The lowest BCUT2D eigenvalue weighted by Gasteiger charge is -2.15. The average molecular weight is 433 g/mol. The molecular formula is C23H20N4O3S. The highest BCUT2D eigenvalue weighted by atomic mass is 32.1. The van der Waals surface area contributed by atoms with Gasteiger partial charge in [-0.15, -0.1) is 11.3 Å². The summed E-state index contributed by atoms with van der Waals surface area (Å²) in [5, 5.41) is 3.45. The number of nitrogens with two attached hydrogens (primary N) is 2. The number of hydrogen-bond acceptors (Lipinski definition) is 6. The second-order valence-electron chi connectivity index (χ2n) is 6.89. The highest BCUT2D eigenvalue weighted by molar-refractivity contribution is 7.21. The number of fused-ring (bicyclic) bond motifs is 1. The van der Waals surface area contributed by atoms with Gasteiger partial charge in [-0.1, -0.05) is 30.3 Å². The molecule has 0 saturated carbocycles. The molecule has 2 aromatic heterocycles. The standard InChI is InChI=1S/C23H20N4O3S/c1-12-16(22(29)27-14-6-4-3-5-7-14)17(13-8-10-15(30-2)11-9-13)18-19(24)20(21(25)28)31-23(18)26-12/h3-11H,24H2,1-2H3,(H2,25,28)(H,27,29). The summed E-state index contributed by atoms with van der Waals surface area (Å²) in [7, 11) is 1.58. The Morgan fingerprint density at radius 1 is 1.06 bits per heavy atom. The highest BCUT2D eigenvalue weighted by Crippen LogP contribution is 2.42. The molecule has 0 aliphatic heterocycles. The first kappa shape index (κ1) is 20.4. The van der Waals surface area contributed by atoms with E-state index in [1.54, 1.807) is 38.3 Å². The number of ether oxygens (including phenoxy) is 1. The molecule has 5 N–H and O–H groups in total. The third-order valence-electron chi connectivity index (χ3n) is 4.92. The number of hydrogen-bond donors (Lipinski definition) is 3. The predicted octanol–water partition coefficient (Wildman–Crippen LogP) is 4.21. The minimum atomic E-state index is -0.630. The number of pyridine rings is 1. The van der Waals surface area contributed by atoms with Gasteiger partial charge in [-0.3, -0.25) is 9.59 Å². The Kier molecular flexibility index (Phi) is 5.31. The first-order valence-corrected chi connectivity index (χ1v) is 10.3. The maximum absolute atomic E-state index is 13.3. The molecule has 8 heteroatoms. The van der Waals surface area contributed by atoms with E-state index in [4.69, 9.17) is 16.2 Å². The normalized spacial score (nSPS) is 10.8. The smallest absolute Gasteiger partial charge is 0.260 e. The van der Waals surface area contributed by atoms with Crippen LogP contribution >= 0.6 is 11.3 Å². The van der Waals surface area contributed by atoms with Crippen molar-refractivity contribution in [3.8, 4) is 16.9 Å². The van der Waals surface area contributed by atoms with Crippen LogP contribution in [-0.2, 0) is 0 Å². The number of primary amides is 1. The summed E-state index contributed by atoms with van der Waals surface area (Å²) in [5.41, 5.74) is 14.9. The zero-order valence-electron chi connectivity index (χ0n) is 16.9. The Labute approximate surface area is 182 Å². The third-order valence-corrected chi connectivity index (χ3v) is 6.03. The average Bonchev–Trinajstić information content (AvgIpc) is 3.09. The van der Waals surface area contributed by atoms with E-state index in [1.165, 1.54) is 0 Å². The fourth-order valence-corrected chi connectivity index (χ4v) is 4.49. The number of carbonyl (C=O) groups is 2. The highest BCUT2D eigenvalue weighted by Gasteiger charge is 2.26. The summed E-state index contributed by atoms with van der Waals surface area (Å²) in [6, 6.07) is 16.4. The van der Waals surface area contributed by atoms with Crippen molar-refractivity contribution < 1.29 is 14.3 Å². The molecule has 0 radical (unpaired) electrons. The van der Waals surface area contributed by atoms with E-state index in [-0.39, 0.29) is 16.5 Å². The second-order valence-corrected chi connectivity index (χ2v) is 7.88. The van der Waals surface area contributed by atoms with Crippen molar-refractivity contribution in [3.63, 3.8) is 0 Å². The van der Waals surface area contributed by atoms with E-state index in [0.29, 0.717) is 38.5 Å². The molecule has 0 atom stereocenters. The molecule has 0 aliphatic rings. The lowest BCUT2D eigenvalue weighted by molar-refractivity contribution is 0.100. The minimum absolute atomic E-state index is 0.220. The number of benzene rings is 2. The molecule has 4 aromatic rings. The summed E-state index contributed by atoms with van der Waals surface area (Å²) in [6.45, 7) is 1.76. The lowest BCUT2D eigenvalue weighted by Crippen LogP contribution is -2.16.